The van der Waals surface area contributed by atoms with Crippen LogP contribution in [0.4, 0.5) is 0 Å². The molecule has 1 saturated carbocycles. The second kappa shape index (κ2) is 6.79. The van der Waals surface area contributed by atoms with Crippen LogP contribution >= 0.6 is 0 Å². The number of rotatable bonds is 2. The van der Waals surface area contributed by atoms with Gasteiger partial charge in [-0.3, -0.25) is 9.59 Å². The maximum atomic E-state index is 12.6. The zero-order valence-corrected chi connectivity index (χ0v) is 18.0. The Morgan fingerprint density at radius 3 is 2.71 bits per heavy atom. The van der Waals surface area contributed by atoms with Gasteiger partial charge in [-0.1, -0.05) is 37.1 Å². The molecular weight excluding hydrogens is 348 g/mol. The summed E-state index contributed by atoms with van der Waals surface area (Å²) in [6, 6.07) is 0. The lowest BCUT2D eigenvalue weighted by atomic mass is 9.62. The molecule has 1 heterocycles. The first-order valence-corrected chi connectivity index (χ1v) is 10.9. The number of carbonyl (C=O) groups is 2. The standard InChI is InChI=1S/C25H34O3/c1-15(2)10-19-12-17(4)25(28-19)9-8-24(5)13-20-16(3)11-21(27)23(20)18(14-26)6-7-22(24)25/h6,10-11,14,17,19-20,22-23H,7-9,12-13H2,1-5H3. The summed E-state index contributed by atoms with van der Waals surface area (Å²) in [6.45, 7) is 11.1. The zero-order valence-electron chi connectivity index (χ0n) is 18.0. The molecule has 1 spiro atoms. The van der Waals surface area contributed by atoms with E-state index in [9.17, 15) is 9.59 Å². The smallest absolute Gasteiger partial charge is 0.163 e. The van der Waals surface area contributed by atoms with Crippen molar-refractivity contribution in [2.45, 2.75) is 78.4 Å². The topological polar surface area (TPSA) is 43.4 Å². The molecule has 152 valence electrons. The van der Waals surface area contributed by atoms with Crippen LogP contribution in [0.1, 0.15) is 66.7 Å². The number of fused-ring (bicyclic) bond motifs is 3. The molecule has 3 aliphatic carbocycles. The van der Waals surface area contributed by atoms with Crippen LogP contribution in [0.5, 0.6) is 0 Å². The zero-order chi connectivity index (χ0) is 20.3. The molecule has 0 amide bonds. The summed E-state index contributed by atoms with van der Waals surface area (Å²) >= 11 is 0. The van der Waals surface area contributed by atoms with Gasteiger partial charge in [-0.25, -0.2) is 0 Å². The first-order valence-electron chi connectivity index (χ1n) is 10.9. The van der Waals surface area contributed by atoms with Gasteiger partial charge in [-0.15, -0.1) is 0 Å². The van der Waals surface area contributed by atoms with E-state index >= 15 is 0 Å². The van der Waals surface area contributed by atoms with Crippen molar-refractivity contribution < 1.29 is 14.3 Å². The molecule has 4 aliphatic rings. The maximum Gasteiger partial charge on any atom is 0.163 e. The molecule has 3 heteroatoms. The highest BCUT2D eigenvalue weighted by Gasteiger charge is 2.61. The van der Waals surface area contributed by atoms with Gasteiger partial charge in [-0.05, 0) is 87.7 Å². The molecule has 28 heavy (non-hydrogen) atoms. The van der Waals surface area contributed by atoms with Crippen LogP contribution in [0, 0.1) is 29.1 Å². The first-order chi connectivity index (χ1) is 13.2. The predicted molar refractivity (Wildman–Crippen MR) is 111 cm³/mol. The monoisotopic (exact) mass is 382 g/mol. The van der Waals surface area contributed by atoms with Crippen molar-refractivity contribution in [2.24, 2.45) is 29.1 Å². The fraction of sp³-hybridized carbons (Fsp3) is 0.680. The minimum Gasteiger partial charge on any atom is -0.367 e. The van der Waals surface area contributed by atoms with Gasteiger partial charge in [0.1, 0.15) is 6.29 Å². The summed E-state index contributed by atoms with van der Waals surface area (Å²) in [7, 11) is 0. The quantitative estimate of drug-likeness (QED) is 0.486. The minimum absolute atomic E-state index is 0.108. The van der Waals surface area contributed by atoms with E-state index in [1.165, 1.54) is 5.57 Å². The lowest BCUT2D eigenvalue weighted by Gasteiger charge is -2.44. The van der Waals surface area contributed by atoms with Crippen molar-refractivity contribution in [1.82, 2.24) is 0 Å². The summed E-state index contributed by atoms with van der Waals surface area (Å²) in [5.74, 6) is 0.920. The minimum atomic E-state index is -0.257. The number of carbonyl (C=O) groups excluding carboxylic acids is 2. The van der Waals surface area contributed by atoms with Gasteiger partial charge >= 0.3 is 0 Å². The molecule has 0 aromatic carbocycles. The van der Waals surface area contributed by atoms with Gasteiger partial charge < -0.3 is 4.74 Å². The van der Waals surface area contributed by atoms with Crippen LogP contribution in [-0.2, 0) is 14.3 Å². The molecule has 2 fully saturated rings. The Bertz CT molecular complexity index is 784. The average Bonchev–Trinajstić information content (AvgIpc) is 3.14. The highest BCUT2D eigenvalue weighted by molar-refractivity contribution is 6.01. The van der Waals surface area contributed by atoms with Crippen molar-refractivity contribution in [1.29, 1.82) is 0 Å². The number of hydrogen-bond donors (Lipinski definition) is 0. The Morgan fingerprint density at radius 2 is 2.04 bits per heavy atom. The van der Waals surface area contributed by atoms with Gasteiger partial charge in [0.2, 0.25) is 0 Å². The van der Waals surface area contributed by atoms with E-state index in [2.05, 4.69) is 46.8 Å². The number of ketones is 1. The van der Waals surface area contributed by atoms with Gasteiger partial charge in [-0.2, -0.15) is 0 Å². The number of allylic oxidation sites excluding steroid dienone is 5. The molecule has 0 radical (unpaired) electrons. The molecule has 0 aromatic heterocycles. The molecule has 0 N–H and O–H groups in total. The highest BCUT2D eigenvalue weighted by atomic mass is 16.5. The molecule has 0 aromatic rings. The lowest BCUT2D eigenvalue weighted by Crippen LogP contribution is -2.44. The van der Waals surface area contributed by atoms with Crippen LogP contribution in [0.3, 0.4) is 0 Å². The third kappa shape index (κ3) is 2.89. The van der Waals surface area contributed by atoms with Crippen molar-refractivity contribution in [3.05, 3.63) is 34.9 Å². The predicted octanol–water partition coefficient (Wildman–Crippen LogP) is 5.21. The van der Waals surface area contributed by atoms with Crippen molar-refractivity contribution >= 4 is 12.1 Å². The summed E-state index contributed by atoms with van der Waals surface area (Å²) in [6.07, 6.45) is 12.4. The number of hydrogen-bond acceptors (Lipinski definition) is 3. The second-order valence-electron chi connectivity index (χ2n) is 10.3. The molecular formula is C25H34O3. The number of aldehydes is 1. The van der Waals surface area contributed by atoms with Crippen LogP contribution in [0.25, 0.3) is 0 Å². The van der Waals surface area contributed by atoms with Crippen LogP contribution in [0.15, 0.2) is 34.9 Å². The Kier molecular flexibility index (Phi) is 4.81. The Balaban J connectivity index is 1.73. The summed E-state index contributed by atoms with van der Waals surface area (Å²) in [5.41, 5.74) is 3.18. The van der Waals surface area contributed by atoms with E-state index in [0.29, 0.717) is 17.4 Å². The summed E-state index contributed by atoms with van der Waals surface area (Å²) in [5, 5.41) is 0. The molecule has 7 atom stereocenters. The summed E-state index contributed by atoms with van der Waals surface area (Å²) in [4.78, 5) is 24.4. The SMILES string of the molecule is CC(C)=CC1CC(C)C2(CCC3(C)CC4C(C)=CC(=O)C4C(C=O)=CCC32)O1. The molecule has 3 nitrogen and oxygen atoms in total. The van der Waals surface area contributed by atoms with Crippen LogP contribution in [-0.4, -0.2) is 23.8 Å². The highest BCUT2D eigenvalue weighted by Crippen LogP contribution is 2.63. The fourth-order valence-electron chi connectivity index (χ4n) is 6.91. The Morgan fingerprint density at radius 1 is 1.29 bits per heavy atom. The lowest BCUT2D eigenvalue weighted by molar-refractivity contribution is -0.119. The third-order valence-electron chi connectivity index (χ3n) is 8.26. The van der Waals surface area contributed by atoms with Crippen molar-refractivity contribution in [3.63, 3.8) is 0 Å². The number of ether oxygens (including phenoxy) is 1. The Labute approximate surface area is 169 Å². The molecule has 1 saturated heterocycles. The van der Waals surface area contributed by atoms with E-state index < -0.39 is 0 Å². The molecule has 1 aliphatic heterocycles. The summed E-state index contributed by atoms with van der Waals surface area (Å²) < 4.78 is 6.82. The van der Waals surface area contributed by atoms with E-state index in [1.807, 2.05) is 0 Å². The van der Waals surface area contributed by atoms with E-state index in [4.69, 9.17) is 4.74 Å². The third-order valence-corrected chi connectivity index (χ3v) is 8.26. The van der Waals surface area contributed by atoms with E-state index in [-0.39, 0.29) is 34.7 Å². The Hall–Kier alpha value is -1.48. The fourth-order valence-corrected chi connectivity index (χ4v) is 6.91. The van der Waals surface area contributed by atoms with Crippen LogP contribution < -0.4 is 0 Å². The molecule has 0 bridgehead atoms. The normalized spacial score (nSPS) is 45.0. The largest absolute Gasteiger partial charge is 0.367 e. The molecule has 7 unspecified atom stereocenters. The molecule has 4 rings (SSSR count). The maximum absolute atomic E-state index is 12.6. The van der Waals surface area contributed by atoms with E-state index in [1.54, 1.807) is 6.08 Å². The van der Waals surface area contributed by atoms with Gasteiger partial charge in [0, 0.05) is 0 Å². The first kappa shape index (κ1) is 19.8. The van der Waals surface area contributed by atoms with Gasteiger partial charge in [0.25, 0.3) is 0 Å². The van der Waals surface area contributed by atoms with Crippen molar-refractivity contribution in [2.75, 3.05) is 0 Å². The van der Waals surface area contributed by atoms with Gasteiger partial charge in [0.15, 0.2) is 5.78 Å². The van der Waals surface area contributed by atoms with Gasteiger partial charge in [0.05, 0.1) is 17.6 Å². The average molecular weight is 383 g/mol. The van der Waals surface area contributed by atoms with Crippen molar-refractivity contribution in [3.8, 4) is 0 Å². The second-order valence-corrected chi connectivity index (χ2v) is 10.3. The van der Waals surface area contributed by atoms with E-state index in [0.717, 1.165) is 44.0 Å². The van der Waals surface area contributed by atoms with Crippen LogP contribution in [0.2, 0.25) is 0 Å².